The third-order valence-electron chi connectivity index (χ3n) is 4.01. The number of hydrogen-bond acceptors (Lipinski definition) is 2. The van der Waals surface area contributed by atoms with E-state index in [1.807, 2.05) is 0 Å². The number of hydrogen-bond donors (Lipinski definition) is 2. The Morgan fingerprint density at radius 1 is 1.05 bits per heavy atom. The molecule has 2 nitrogen and oxygen atoms in total. The molecule has 0 radical (unpaired) electrons. The average Bonchev–Trinajstić information content (AvgIpc) is 2.49. The monoisotopic (exact) mass is 254 g/mol. The number of piperidine rings is 1. The van der Waals surface area contributed by atoms with Gasteiger partial charge in [-0.25, -0.2) is 0 Å². The van der Waals surface area contributed by atoms with Crippen LogP contribution in [-0.4, -0.2) is 19.1 Å². The molecule has 2 aromatic rings. The zero-order chi connectivity index (χ0) is 12.9. The van der Waals surface area contributed by atoms with Crippen molar-refractivity contribution in [2.75, 3.05) is 18.4 Å². The number of anilines is 1. The maximum absolute atomic E-state index is 3.60. The lowest BCUT2D eigenvalue weighted by atomic mass is 10.0. The predicted molar refractivity (Wildman–Crippen MR) is 82.7 cm³/mol. The minimum atomic E-state index is 0.705. The minimum absolute atomic E-state index is 0.705. The fourth-order valence-corrected chi connectivity index (χ4v) is 2.93. The molecule has 0 spiro atoms. The lowest BCUT2D eigenvalue weighted by Crippen LogP contribution is -2.35. The van der Waals surface area contributed by atoms with Gasteiger partial charge >= 0.3 is 0 Å². The molecule has 1 aliphatic rings. The van der Waals surface area contributed by atoms with Gasteiger partial charge in [-0.1, -0.05) is 42.8 Å². The zero-order valence-corrected chi connectivity index (χ0v) is 11.4. The maximum Gasteiger partial charge on any atom is 0.0419 e. The van der Waals surface area contributed by atoms with Crippen molar-refractivity contribution in [1.82, 2.24) is 5.32 Å². The van der Waals surface area contributed by atoms with Crippen molar-refractivity contribution in [3.63, 3.8) is 0 Å². The molecule has 1 heterocycles. The van der Waals surface area contributed by atoms with E-state index in [-0.39, 0.29) is 0 Å². The average molecular weight is 254 g/mol. The number of fused-ring (bicyclic) bond motifs is 1. The van der Waals surface area contributed by atoms with E-state index in [0.29, 0.717) is 6.04 Å². The van der Waals surface area contributed by atoms with Crippen LogP contribution in [0.4, 0.5) is 5.69 Å². The second-order valence-corrected chi connectivity index (χ2v) is 5.39. The molecule has 0 aromatic heterocycles. The molecule has 1 unspecified atom stereocenters. The van der Waals surface area contributed by atoms with Crippen LogP contribution in [0.5, 0.6) is 0 Å². The van der Waals surface area contributed by atoms with Crippen LogP contribution in [0.3, 0.4) is 0 Å². The number of nitrogens with one attached hydrogen (secondary N) is 2. The van der Waals surface area contributed by atoms with Gasteiger partial charge < -0.3 is 10.6 Å². The molecule has 19 heavy (non-hydrogen) atoms. The van der Waals surface area contributed by atoms with Crippen LogP contribution in [0, 0.1) is 0 Å². The summed E-state index contributed by atoms with van der Waals surface area (Å²) in [6, 6.07) is 15.7. The second kappa shape index (κ2) is 6.07. The van der Waals surface area contributed by atoms with Crippen molar-refractivity contribution in [1.29, 1.82) is 0 Å². The molecule has 1 atom stereocenters. The Kier molecular flexibility index (Phi) is 3.99. The minimum Gasteiger partial charge on any atom is -0.384 e. The standard InChI is InChI=1S/C17H22N2/c1-2-9-16-14(6-1)7-5-10-17(16)19-13-11-15-8-3-4-12-18-15/h1-2,5-7,9-10,15,18-19H,3-4,8,11-13H2. The molecule has 3 rings (SSSR count). The maximum atomic E-state index is 3.60. The number of rotatable bonds is 4. The SMILES string of the molecule is c1ccc2c(NCCC3CCCCN3)cccc2c1. The molecule has 0 amide bonds. The summed E-state index contributed by atoms with van der Waals surface area (Å²) in [5.74, 6) is 0. The van der Waals surface area contributed by atoms with E-state index in [9.17, 15) is 0 Å². The first-order valence-electron chi connectivity index (χ1n) is 7.38. The smallest absolute Gasteiger partial charge is 0.0419 e. The van der Waals surface area contributed by atoms with Gasteiger partial charge in [0.05, 0.1) is 0 Å². The highest BCUT2D eigenvalue weighted by atomic mass is 14.9. The molecule has 0 bridgehead atoms. The van der Waals surface area contributed by atoms with Crippen LogP contribution in [0.25, 0.3) is 10.8 Å². The first kappa shape index (κ1) is 12.5. The normalized spacial score (nSPS) is 19.5. The van der Waals surface area contributed by atoms with Crippen LogP contribution in [0.15, 0.2) is 42.5 Å². The van der Waals surface area contributed by atoms with Crippen LogP contribution >= 0.6 is 0 Å². The first-order chi connectivity index (χ1) is 9.43. The summed E-state index contributed by atoms with van der Waals surface area (Å²) in [6.07, 6.45) is 5.26. The van der Waals surface area contributed by atoms with E-state index in [4.69, 9.17) is 0 Å². The Morgan fingerprint density at radius 2 is 1.95 bits per heavy atom. The Morgan fingerprint density at radius 3 is 2.84 bits per heavy atom. The Bertz CT molecular complexity index is 524. The van der Waals surface area contributed by atoms with Gasteiger partial charge in [-0.05, 0) is 37.3 Å². The molecule has 0 saturated carbocycles. The zero-order valence-electron chi connectivity index (χ0n) is 11.4. The highest BCUT2D eigenvalue weighted by Gasteiger charge is 2.11. The largest absolute Gasteiger partial charge is 0.384 e. The Hall–Kier alpha value is -1.54. The Balaban J connectivity index is 1.62. The van der Waals surface area contributed by atoms with Gasteiger partial charge in [0.15, 0.2) is 0 Å². The summed E-state index contributed by atoms with van der Waals surface area (Å²) < 4.78 is 0. The van der Waals surface area contributed by atoms with Gasteiger partial charge in [-0.3, -0.25) is 0 Å². The van der Waals surface area contributed by atoms with E-state index in [1.54, 1.807) is 0 Å². The van der Waals surface area contributed by atoms with Crippen LogP contribution in [0.1, 0.15) is 25.7 Å². The Labute approximate surface area is 115 Å². The van der Waals surface area contributed by atoms with Crippen molar-refractivity contribution >= 4 is 16.5 Å². The summed E-state index contributed by atoms with van der Waals surface area (Å²) >= 11 is 0. The lowest BCUT2D eigenvalue weighted by Gasteiger charge is -2.23. The molecule has 0 aliphatic carbocycles. The van der Waals surface area contributed by atoms with E-state index < -0.39 is 0 Å². The summed E-state index contributed by atoms with van der Waals surface area (Å²) in [5.41, 5.74) is 1.26. The summed E-state index contributed by atoms with van der Waals surface area (Å²) in [7, 11) is 0. The molecule has 1 aliphatic heterocycles. The third kappa shape index (κ3) is 3.07. The van der Waals surface area contributed by atoms with Crippen molar-refractivity contribution < 1.29 is 0 Å². The van der Waals surface area contributed by atoms with E-state index in [1.165, 1.54) is 48.7 Å². The first-order valence-corrected chi connectivity index (χ1v) is 7.38. The van der Waals surface area contributed by atoms with Crippen LogP contribution in [-0.2, 0) is 0 Å². The molecule has 2 aromatic carbocycles. The molecule has 100 valence electrons. The van der Waals surface area contributed by atoms with Gasteiger partial charge in [0.2, 0.25) is 0 Å². The molecular formula is C17H22N2. The van der Waals surface area contributed by atoms with Crippen molar-refractivity contribution in [2.24, 2.45) is 0 Å². The summed E-state index contributed by atoms with van der Waals surface area (Å²) in [6.45, 7) is 2.24. The third-order valence-corrected chi connectivity index (χ3v) is 4.01. The van der Waals surface area contributed by atoms with E-state index in [2.05, 4.69) is 53.1 Å². The highest BCUT2D eigenvalue weighted by Crippen LogP contribution is 2.23. The van der Waals surface area contributed by atoms with Gasteiger partial charge in [0.1, 0.15) is 0 Å². The fraction of sp³-hybridized carbons (Fsp3) is 0.412. The molecule has 2 heteroatoms. The topological polar surface area (TPSA) is 24.1 Å². The van der Waals surface area contributed by atoms with Crippen molar-refractivity contribution in [2.45, 2.75) is 31.7 Å². The van der Waals surface area contributed by atoms with Crippen LogP contribution in [0.2, 0.25) is 0 Å². The van der Waals surface area contributed by atoms with Gasteiger partial charge in [-0.2, -0.15) is 0 Å². The van der Waals surface area contributed by atoms with Crippen molar-refractivity contribution in [3.05, 3.63) is 42.5 Å². The quantitative estimate of drug-likeness (QED) is 0.867. The van der Waals surface area contributed by atoms with Gasteiger partial charge in [0, 0.05) is 23.7 Å². The summed E-state index contributed by atoms with van der Waals surface area (Å²) in [4.78, 5) is 0. The summed E-state index contributed by atoms with van der Waals surface area (Å²) in [5, 5.41) is 9.83. The molecular weight excluding hydrogens is 232 g/mol. The van der Waals surface area contributed by atoms with Crippen LogP contribution < -0.4 is 10.6 Å². The second-order valence-electron chi connectivity index (χ2n) is 5.39. The molecule has 2 N–H and O–H groups in total. The van der Waals surface area contributed by atoms with Crippen molar-refractivity contribution in [3.8, 4) is 0 Å². The molecule has 1 fully saturated rings. The predicted octanol–water partition coefficient (Wildman–Crippen LogP) is 3.78. The van der Waals surface area contributed by atoms with E-state index >= 15 is 0 Å². The van der Waals surface area contributed by atoms with Gasteiger partial charge in [-0.15, -0.1) is 0 Å². The van der Waals surface area contributed by atoms with Gasteiger partial charge in [0.25, 0.3) is 0 Å². The number of benzene rings is 2. The lowest BCUT2D eigenvalue weighted by molar-refractivity contribution is 0.389. The van der Waals surface area contributed by atoms with E-state index in [0.717, 1.165) is 6.54 Å². The highest BCUT2D eigenvalue weighted by molar-refractivity contribution is 5.93. The fourth-order valence-electron chi connectivity index (χ4n) is 2.93. The molecule has 1 saturated heterocycles.